The van der Waals surface area contributed by atoms with Gasteiger partial charge in [0.25, 0.3) is 0 Å². The summed E-state index contributed by atoms with van der Waals surface area (Å²) >= 11 is 0. The number of para-hydroxylation sites is 1. The average molecular weight is 250 g/mol. The SMILES string of the molecule is COc1ccccc1CN1CCC(O)(CN)CC1. The first kappa shape index (κ1) is 13.3. The van der Waals surface area contributed by atoms with Gasteiger partial charge in [-0.15, -0.1) is 0 Å². The topological polar surface area (TPSA) is 58.7 Å². The largest absolute Gasteiger partial charge is 0.496 e. The summed E-state index contributed by atoms with van der Waals surface area (Å²) in [4.78, 5) is 2.34. The zero-order valence-electron chi connectivity index (χ0n) is 10.9. The Bertz CT molecular complexity index is 387. The highest BCUT2D eigenvalue weighted by molar-refractivity contribution is 5.33. The van der Waals surface area contributed by atoms with Crippen LogP contribution in [0.15, 0.2) is 24.3 Å². The molecule has 4 heteroatoms. The molecule has 18 heavy (non-hydrogen) atoms. The Morgan fingerprint density at radius 3 is 2.61 bits per heavy atom. The Morgan fingerprint density at radius 2 is 2.00 bits per heavy atom. The smallest absolute Gasteiger partial charge is 0.123 e. The van der Waals surface area contributed by atoms with Gasteiger partial charge in [0.2, 0.25) is 0 Å². The average Bonchev–Trinajstić information content (AvgIpc) is 2.42. The van der Waals surface area contributed by atoms with Gasteiger partial charge in [0, 0.05) is 31.7 Å². The Morgan fingerprint density at radius 1 is 1.33 bits per heavy atom. The Balaban J connectivity index is 1.95. The van der Waals surface area contributed by atoms with E-state index >= 15 is 0 Å². The van der Waals surface area contributed by atoms with Crippen molar-refractivity contribution in [3.8, 4) is 5.75 Å². The number of aliphatic hydroxyl groups is 1. The third-order valence-corrected chi connectivity index (χ3v) is 3.75. The third kappa shape index (κ3) is 3.02. The van der Waals surface area contributed by atoms with Crippen molar-refractivity contribution in [3.05, 3.63) is 29.8 Å². The molecule has 0 amide bonds. The van der Waals surface area contributed by atoms with Crippen LogP contribution in [0, 0.1) is 0 Å². The van der Waals surface area contributed by atoms with Crippen LogP contribution in [0.25, 0.3) is 0 Å². The highest BCUT2D eigenvalue weighted by Crippen LogP contribution is 2.25. The van der Waals surface area contributed by atoms with Gasteiger partial charge in [0.05, 0.1) is 12.7 Å². The van der Waals surface area contributed by atoms with E-state index in [-0.39, 0.29) is 0 Å². The van der Waals surface area contributed by atoms with E-state index in [9.17, 15) is 5.11 Å². The van der Waals surface area contributed by atoms with Gasteiger partial charge in [0.1, 0.15) is 5.75 Å². The maximum Gasteiger partial charge on any atom is 0.123 e. The Kier molecular flexibility index (Phi) is 4.22. The minimum Gasteiger partial charge on any atom is -0.496 e. The molecule has 1 fully saturated rings. The van der Waals surface area contributed by atoms with Crippen molar-refractivity contribution in [2.45, 2.75) is 25.0 Å². The van der Waals surface area contributed by atoms with Gasteiger partial charge in [-0.25, -0.2) is 0 Å². The minimum atomic E-state index is -0.655. The first-order valence-electron chi connectivity index (χ1n) is 6.43. The lowest BCUT2D eigenvalue weighted by atomic mass is 9.91. The van der Waals surface area contributed by atoms with Crippen LogP contribution in [0.5, 0.6) is 5.75 Å². The van der Waals surface area contributed by atoms with Gasteiger partial charge in [-0.3, -0.25) is 4.90 Å². The monoisotopic (exact) mass is 250 g/mol. The third-order valence-electron chi connectivity index (χ3n) is 3.75. The van der Waals surface area contributed by atoms with Crippen LogP contribution in [-0.4, -0.2) is 42.4 Å². The van der Waals surface area contributed by atoms with Gasteiger partial charge in [0.15, 0.2) is 0 Å². The molecule has 0 saturated carbocycles. The molecule has 0 radical (unpaired) electrons. The van der Waals surface area contributed by atoms with Crippen molar-refractivity contribution in [1.82, 2.24) is 4.90 Å². The molecular weight excluding hydrogens is 228 g/mol. The van der Waals surface area contributed by atoms with Gasteiger partial charge < -0.3 is 15.6 Å². The molecule has 3 N–H and O–H groups in total. The number of nitrogens with zero attached hydrogens (tertiary/aromatic N) is 1. The molecule has 1 aliphatic rings. The summed E-state index contributed by atoms with van der Waals surface area (Å²) in [7, 11) is 1.70. The number of piperidine rings is 1. The van der Waals surface area contributed by atoms with Crippen LogP contribution in [0.1, 0.15) is 18.4 Å². The fourth-order valence-corrected chi connectivity index (χ4v) is 2.41. The van der Waals surface area contributed by atoms with E-state index in [1.165, 1.54) is 5.56 Å². The number of ether oxygens (including phenoxy) is 1. The molecule has 1 saturated heterocycles. The second-order valence-electron chi connectivity index (χ2n) is 5.02. The molecule has 1 aromatic carbocycles. The molecule has 1 aliphatic heterocycles. The van der Waals surface area contributed by atoms with Crippen LogP contribution < -0.4 is 10.5 Å². The Labute approximate surface area is 108 Å². The van der Waals surface area contributed by atoms with Gasteiger partial charge in [-0.2, -0.15) is 0 Å². The summed E-state index contributed by atoms with van der Waals surface area (Å²) < 4.78 is 5.35. The number of hydrogen-bond donors (Lipinski definition) is 2. The van der Waals surface area contributed by atoms with Crippen molar-refractivity contribution >= 4 is 0 Å². The van der Waals surface area contributed by atoms with Crippen molar-refractivity contribution < 1.29 is 9.84 Å². The predicted molar refractivity (Wildman–Crippen MR) is 71.5 cm³/mol. The van der Waals surface area contributed by atoms with E-state index in [4.69, 9.17) is 10.5 Å². The van der Waals surface area contributed by atoms with E-state index in [1.54, 1.807) is 7.11 Å². The molecule has 0 aromatic heterocycles. The number of hydrogen-bond acceptors (Lipinski definition) is 4. The fourth-order valence-electron chi connectivity index (χ4n) is 2.41. The summed E-state index contributed by atoms with van der Waals surface area (Å²) in [6, 6.07) is 8.07. The maximum atomic E-state index is 10.1. The highest BCUT2D eigenvalue weighted by atomic mass is 16.5. The lowest BCUT2D eigenvalue weighted by Gasteiger charge is -2.37. The molecule has 0 bridgehead atoms. The summed E-state index contributed by atoms with van der Waals surface area (Å²) in [5, 5.41) is 10.1. The van der Waals surface area contributed by atoms with E-state index in [1.807, 2.05) is 18.2 Å². The standard InChI is InChI=1S/C14H22N2O2/c1-18-13-5-3-2-4-12(13)10-16-8-6-14(17,11-15)7-9-16/h2-5,17H,6-11,15H2,1H3. The number of rotatable bonds is 4. The summed E-state index contributed by atoms with van der Waals surface area (Å²) in [5.74, 6) is 0.928. The molecule has 2 rings (SSSR count). The van der Waals surface area contributed by atoms with Gasteiger partial charge in [-0.1, -0.05) is 18.2 Å². The first-order valence-corrected chi connectivity index (χ1v) is 6.43. The molecule has 1 aromatic rings. The second-order valence-corrected chi connectivity index (χ2v) is 5.02. The van der Waals surface area contributed by atoms with E-state index in [0.29, 0.717) is 6.54 Å². The van der Waals surface area contributed by atoms with E-state index in [0.717, 1.165) is 38.2 Å². The quantitative estimate of drug-likeness (QED) is 0.836. The lowest BCUT2D eigenvalue weighted by molar-refractivity contribution is -0.0154. The van der Waals surface area contributed by atoms with Crippen molar-refractivity contribution in [2.24, 2.45) is 5.73 Å². The zero-order valence-corrected chi connectivity index (χ0v) is 10.9. The number of benzene rings is 1. The highest BCUT2D eigenvalue weighted by Gasteiger charge is 2.30. The maximum absolute atomic E-state index is 10.1. The number of methoxy groups -OCH3 is 1. The fraction of sp³-hybridized carbons (Fsp3) is 0.571. The van der Waals surface area contributed by atoms with Crippen LogP contribution in [0.3, 0.4) is 0 Å². The minimum absolute atomic E-state index is 0.357. The number of likely N-dealkylation sites (tertiary alicyclic amines) is 1. The second kappa shape index (κ2) is 5.69. The van der Waals surface area contributed by atoms with Gasteiger partial charge >= 0.3 is 0 Å². The molecule has 0 spiro atoms. The molecule has 0 unspecified atom stereocenters. The summed E-state index contributed by atoms with van der Waals surface area (Å²) in [6.07, 6.45) is 1.50. The zero-order chi connectivity index (χ0) is 13.0. The molecule has 100 valence electrons. The van der Waals surface area contributed by atoms with Crippen molar-refractivity contribution in [1.29, 1.82) is 0 Å². The summed E-state index contributed by atoms with van der Waals surface area (Å²) in [6.45, 7) is 2.98. The van der Waals surface area contributed by atoms with Crippen LogP contribution in [-0.2, 0) is 6.54 Å². The molecular formula is C14H22N2O2. The molecule has 1 heterocycles. The van der Waals surface area contributed by atoms with Crippen molar-refractivity contribution in [3.63, 3.8) is 0 Å². The van der Waals surface area contributed by atoms with Crippen LogP contribution in [0.4, 0.5) is 0 Å². The number of nitrogens with two attached hydrogens (primary N) is 1. The molecule has 0 atom stereocenters. The van der Waals surface area contributed by atoms with Crippen LogP contribution >= 0.6 is 0 Å². The normalized spacial score (nSPS) is 19.7. The van der Waals surface area contributed by atoms with Gasteiger partial charge in [-0.05, 0) is 18.9 Å². The first-order chi connectivity index (χ1) is 8.67. The lowest BCUT2D eigenvalue weighted by Crippen LogP contribution is -2.48. The molecule has 4 nitrogen and oxygen atoms in total. The van der Waals surface area contributed by atoms with E-state index < -0.39 is 5.60 Å². The summed E-state index contributed by atoms with van der Waals surface area (Å²) in [5.41, 5.74) is 6.13. The van der Waals surface area contributed by atoms with Crippen molar-refractivity contribution in [2.75, 3.05) is 26.7 Å². The Hall–Kier alpha value is -1.10. The van der Waals surface area contributed by atoms with E-state index in [2.05, 4.69) is 11.0 Å². The predicted octanol–water partition coefficient (Wildman–Crippen LogP) is 0.981. The molecule has 0 aliphatic carbocycles. The van der Waals surface area contributed by atoms with Crippen LogP contribution in [0.2, 0.25) is 0 Å².